The third-order valence-corrected chi connectivity index (χ3v) is 6.71. The number of ketones is 1. The van der Waals surface area contributed by atoms with Crippen LogP contribution in [-0.4, -0.2) is 36.2 Å². The molecule has 2 aliphatic heterocycles. The molecule has 0 saturated heterocycles. The van der Waals surface area contributed by atoms with E-state index in [1.165, 1.54) is 17.5 Å². The molecule has 3 rings (SSSR count). The third-order valence-electron chi connectivity index (χ3n) is 4.73. The van der Waals surface area contributed by atoms with Crippen LogP contribution in [0.15, 0.2) is 53.1 Å². The van der Waals surface area contributed by atoms with Gasteiger partial charge in [0.05, 0.1) is 17.2 Å². The number of nitrogens with zero attached hydrogens (tertiary/aromatic N) is 1. The SMILES string of the molecule is CC(=O)C1=CC(C)N(S(=O)(=O)c2ccc(C)cc2)C2C=COC12C. The molecule has 0 saturated carbocycles. The number of sulfonamides is 1. The Morgan fingerprint density at radius 3 is 2.46 bits per heavy atom. The summed E-state index contributed by atoms with van der Waals surface area (Å²) in [6.45, 7) is 6.92. The summed E-state index contributed by atoms with van der Waals surface area (Å²) in [4.78, 5) is 12.3. The Hall–Kier alpha value is -1.92. The first kappa shape index (κ1) is 16.9. The first-order chi connectivity index (χ1) is 11.2. The smallest absolute Gasteiger partial charge is 0.244 e. The Labute approximate surface area is 142 Å². The van der Waals surface area contributed by atoms with Crippen molar-refractivity contribution in [1.82, 2.24) is 4.31 Å². The van der Waals surface area contributed by atoms with Gasteiger partial charge in [0.1, 0.15) is 0 Å². The molecule has 0 spiro atoms. The summed E-state index contributed by atoms with van der Waals surface area (Å²) in [5.41, 5.74) is 0.518. The molecule has 3 atom stereocenters. The van der Waals surface area contributed by atoms with Gasteiger partial charge in [-0.2, -0.15) is 4.31 Å². The molecule has 1 aromatic rings. The topological polar surface area (TPSA) is 63.7 Å². The molecule has 0 aromatic heterocycles. The Morgan fingerprint density at radius 2 is 1.88 bits per heavy atom. The van der Waals surface area contributed by atoms with Gasteiger partial charge in [0.15, 0.2) is 11.4 Å². The van der Waals surface area contributed by atoms with Gasteiger partial charge in [0.25, 0.3) is 0 Å². The zero-order valence-corrected chi connectivity index (χ0v) is 15.0. The minimum atomic E-state index is -3.72. The van der Waals surface area contributed by atoms with E-state index in [9.17, 15) is 13.2 Å². The van der Waals surface area contributed by atoms with Gasteiger partial charge >= 0.3 is 0 Å². The number of Topliss-reactive ketones (excluding diaryl/α,β-unsaturated/α-hetero) is 1. The maximum absolute atomic E-state index is 13.2. The van der Waals surface area contributed by atoms with Crippen LogP contribution < -0.4 is 0 Å². The number of carbonyl (C=O) groups is 1. The van der Waals surface area contributed by atoms with Gasteiger partial charge in [-0.05, 0) is 45.9 Å². The summed E-state index contributed by atoms with van der Waals surface area (Å²) in [5.74, 6) is -0.106. The van der Waals surface area contributed by atoms with Crippen LogP contribution in [0, 0.1) is 6.92 Å². The lowest BCUT2D eigenvalue weighted by molar-refractivity contribution is -0.116. The van der Waals surface area contributed by atoms with Crippen molar-refractivity contribution in [2.24, 2.45) is 0 Å². The van der Waals surface area contributed by atoms with Crippen molar-refractivity contribution in [1.29, 1.82) is 0 Å². The van der Waals surface area contributed by atoms with Crippen LogP contribution in [0.4, 0.5) is 0 Å². The summed E-state index contributed by atoms with van der Waals surface area (Å²) in [6, 6.07) is 5.77. The second kappa shape index (κ2) is 5.57. The van der Waals surface area contributed by atoms with Crippen molar-refractivity contribution in [3.63, 3.8) is 0 Å². The lowest BCUT2D eigenvalue weighted by Gasteiger charge is -2.44. The monoisotopic (exact) mass is 347 g/mol. The van der Waals surface area contributed by atoms with E-state index in [1.54, 1.807) is 50.3 Å². The highest BCUT2D eigenvalue weighted by atomic mass is 32.2. The number of ether oxygens (including phenoxy) is 1. The lowest BCUT2D eigenvalue weighted by Crippen LogP contribution is -2.58. The molecule has 6 heteroatoms. The van der Waals surface area contributed by atoms with Crippen LogP contribution in [-0.2, 0) is 19.6 Å². The maximum atomic E-state index is 13.2. The number of aryl methyl sites for hydroxylation is 1. The fourth-order valence-electron chi connectivity index (χ4n) is 3.46. The van der Waals surface area contributed by atoms with Crippen molar-refractivity contribution >= 4 is 15.8 Å². The van der Waals surface area contributed by atoms with E-state index in [1.807, 2.05) is 6.92 Å². The number of fused-ring (bicyclic) bond motifs is 1. The normalized spacial score (nSPS) is 29.8. The molecule has 0 N–H and O–H groups in total. The van der Waals surface area contributed by atoms with Crippen molar-refractivity contribution in [3.8, 4) is 0 Å². The van der Waals surface area contributed by atoms with Crippen LogP contribution in [0.3, 0.4) is 0 Å². The van der Waals surface area contributed by atoms with E-state index in [0.29, 0.717) is 5.57 Å². The van der Waals surface area contributed by atoms with Crippen LogP contribution in [0.2, 0.25) is 0 Å². The Balaban J connectivity index is 2.13. The van der Waals surface area contributed by atoms with E-state index >= 15 is 0 Å². The molecule has 24 heavy (non-hydrogen) atoms. The molecule has 1 aromatic carbocycles. The molecular weight excluding hydrogens is 326 g/mol. The molecule has 3 unspecified atom stereocenters. The summed E-state index contributed by atoms with van der Waals surface area (Å²) < 4.78 is 33.5. The van der Waals surface area contributed by atoms with Gasteiger partial charge < -0.3 is 4.74 Å². The van der Waals surface area contributed by atoms with E-state index in [0.717, 1.165) is 5.56 Å². The highest BCUT2D eigenvalue weighted by Gasteiger charge is 2.53. The van der Waals surface area contributed by atoms with E-state index in [4.69, 9.17) is 4.74 Å². The van der Waals surface area contributed by atoms with Gasteiger partial charge in [-0.1, -0.05) is 23.8 Å². The third kappa shape index (κ3) is 2.41. The summed E-state index contributed by atoms with van der Waals surface area (Å²) in [7, 11) is -3.72. The Morgan fingerprint density at radius 1 is 1.25 bits per heavy atom. The largest absolute Gasteiger partial charge is 0.489 e. The zero-order valence-electron chi connectivity index (χ0n) is 14.2. The molecule has 0 aliphatic carbocycles. The van der Waals surface area contributed by atoms with Gasteiger partial charge in [0.2, 0.25) is 10.0 Å². The standard InChI is InChI=1S/C18H21NO4S/c1-12-5-7-15(8-6-12)24(21,22)19-13(2)11-16(14(3)20)18(4)17(19)9-10-23-18/h5-11,13,17H,1-4H3. The molecule has 0 fully saturated rings. The molecule has 0 radical (unpaired) electrons. The quantitative estimate of drug-likeness (QED) is 0.843. The van der Waals surface area contributed by atoms with Crippen molar-refractivity contribution in [2.45, 2.75) is 50.3 Å². The number of hydrogen-bond acceptors (Lipinski definition) is 4. The number of benzene rings is 1. The second-order valence-corrected chi connectivity index (χ2v) is 8.37. The maximum Gasteiger partial charge on any atom is 0.244 e. The average Bonchev–Trinajstić information content (AvgIpc) is 2.88. The van der Waals surface area contributed by atoms with Crippen molar-refractivity contribution < 1.29 is 17.9 Å². The van der Waals surface area contributed by atoms with E-state index in [2.05, 4.69) is 0 Å². The van der Waals surface area contributed by atoms with Crippen molar-refractivity contribution in [3.05, 3.63) is 53.8 Å². The lowest BCUT2D eigenvalue weighted by atomic mass is 9.82. The van der Waals surface area contributed by atoms with Crippen molar-refractivity contribution in [2.75, 3.05) is 0 Å². The highest BCUT2D eigenvalue weighted by Crippen LogP contribution is 2.42. The molecular formula is C18H21NO4S. The van der Waals surface area contributed by atoms with Crippen LogP contribution in [0.25, 0.3) is 0 Å². The summed E-state index contributed by atoms with van der Waals surface area (Å²) in [5, 5.41) is 0. The highest BCUT2D eigenvalue weighted by molar-refractivity contribution is 7.89. The first-order valence-electron chi connectivity index (χ1n) is 7.86. The van der Waals surface area contributed by atoms with Crippen LogP contribution in [0.5, 0.6) is 0 Å². The predicted octanol–water partition coefficient (Wildman–Crippen LogP) is 2.57. The minimum Gasteiger partial charge on any atom is -0.489 e. The predicted molar refractivity (Wildman–Crippen MR) is 90.8 cm³/mol. The first-order valence-corrected chi connectivity index (χ1v) is 9.30. The number of hydrogen-bond donors (Lipinski definition) is 0. The fraction of sp³-hybridized carbons (Fsp3) is 0.389. The fourth-order valence-corrected chi connectivity index (χ4v) is 5.25. The van der Waals surface area contributed by atoms with E-state index < -0.39 is 27.7 Å². The Bertz CT molecular complexity index is 838. The molecule has 0 bridgehead atoms. The minimum absolute atomic E-state index is 0.106. The molecule has 0 amide bonds. The summed E-state index contributed by atoms with van der Waals surface area (Å²) >= 11 is 0. The zero-order chi connectivity index (χ0) is 17.7. The number of carbonyl (C=O) groups excluding carboxylic acids is 1. The molecule has 2 aliphatic rings. The van der Waals surface area contributed by atoms with Crippen LogP contribution >= 0.6 is 0 Å². The van der Waals surface area contributed by atoms with Gasteiger partial charge in [-0.25, -0.2) is 8.42 Å². The average molecular weight is 347 g/mol. The molecule has 2 heterocycles. The molecule has 5 nitrogen and oxygen atoms in total. The second-order valence-electron chi connectivity index (χ2n) is 6.52. The van der Waals surface area contributed by atoms with Crippen LogP contribution in [0.1, 0.15) is 26.3 Å². The number of rotatable bonds is 3. The van der Waals surface area contributed by atoms with E-state index in [-0.39, 0.29) is 10.7 Å². The van der Waals surface area contributed by atoms with Gasteiger partial charge in [-0.15, -0.1) is 0 Å². The molecule has 128 valence electrons. The van der Waals surface area contributed by atoms with Gasteiger partial charge in [0, 0.05) is 11.6 Å². The van der Waals surface area contributed by atoms with Gasteiger partial charge in [-0.3, -0.25) is 4.79 Å². The summed E-state index contributed by atoms with van der Waals surface area (Å²) in [6.07, 6.45) is 4.88. The Kier molecular flexibility index (Phi) is 3.92.